The van der Waals surface area contributed by atoms with Crippen LogP contribution in [0.2, 0.25) is 0 Å². The van der Waals surface area contributed by atoms with Crippen molar-refractivity contribution in [1.82, 2.24) is 0 Å². The maximum absolute atomic E-state index is 12.7. The van der Waals surface area contributed by atoms with Gasteiger partial charge < -0.3 is 15.0 Å². The van der Waals surface area contributed by atoms with Crippen LogP contribution < -0.4 is 10.2 Å². The average molecular weight is 324 g/mol. The summed E-state index contributed by atoms with van der Waals surface area (Å²) in [4.78, 5) is 26.3. The molecule has 0 fully saturated rings. The molecule has 1 atom stereocenters. The van der Waals surface area contributed by atoms with E-state index in [0.29, 0.717) is 11.3 Å². The highest BCUT2D eigenvalue weighted by molar-refractivity contribution is 6.00. The maximum Gasteiger partial charge on any atom is 0.339 e. The SMILES string of the molecule is COC(=O)c1ccccc1NCC(=O)N1c2ccccc2C[C@H]1C. The average Bonchev–Trinajstić information content (AvgIpc) is 2.95. The van der Waals surface area contributed by atoms with Gasteiger partial charge in [0.15, 0.2) is 0 Å². The molecule has 1 N–H and O–H groups in total. The topological polar surface area (TPSA) is 58.6 Å². The Bertz CT molecular complexity index is 773. The summed E-state index contributed by atoms with van der Waals surface area (Å²) in [5, 5.41) is 3.06. The highest BCUT2D eigenvalue weighted by Gasteiger charge is 2.30. The molecule has 2 aromatic carbocycles. The van der Waals surface area contributed by atoms with Crippen LogP contribution in [0.5, 0.6) is 0 Å². The van der Waals surface area contributed by atoms with Gasteiger partial charge in [-0.1, -0.05) is 30.3 Å². The number of carbonyl (C=O) groups excluding carboxylic acids is 2. The van der Waals surface area contributed by atoms with Crippen LogP contribution in [0.1, 0.15) is 22.8 Å². The van der Waals surface area contributed by atoms with Crippen molar-refractivity contribution in [3.63, 3.8) is 0 Å². The van der Waals surface area contributed by atoms with Gasteiger partial charge in [-0.15, -0.1) is 0 Å². The van der Waals surface area contributed by atoms with Gasteiger partial charge in [0.05, 0.1) is 19.2 Å². The fraction of sp³-hybridized carbons (Fsp3) is 0.263. The van der Waals surface area contributed by atoms with E-state index in [-0.39, 0.29) is 18.5 Å². The second kappa shape index (κ2) is 6.74. The minimum atomic E-state index is -0.426. The molecule has 3 rings (SSSR count). The van der Waals surface area contributed by atoms with Crippen molar-refractivity contribution < 1.29 is 14.3 Å². The molecule has 0 saturated heterocycles. The second-order valence-corrected chi connectivity index (χ2v) is 5.84. The highest BCUT2D eigenvalue weighted by Crippen LogP contribution is 2.31. The van der Waals surface area contributed by atoms with Crippen molar-refractivity contribution in [1.29, 1.82) is 0 Å². The second-order valence-electron chi connectivity index (χ2n) is 5.84. The first-order chi connectivity index (χ1) is 11.6. The highest BCUT2D eigenvalue weighted by atomic mass is 16.5. The lowest BCUT2D eigenvalue weighted by molar-refractivity contribution is -0.117. The van der Waals surface area contributed by atoms with Crippen LogP contribution in [-0.4, -0.2) is 31.6 Å². The number of anilines is 2. The molecule has 0 aromatic heterocycles. The number of fused-ring (bicyclic) bond motifs is 1. The lowest BCUT2D eigenvalue weighted by atomic mass is 10.1. The van der Waals surface area contributed by atoms with E-state index in [0.717, 1.165) is 12.1 Å². The zero-order chi connectivity index (χ0) is 17.1. The third-order valence-electron chi connectivity index (χ3n) is 4.24. The van der Waals surface area contributed by atoms with Crippen LogP contribution in [0.25, 0.3) is 0 Å². The Labute approximate surface area is 141 Å². The first-order valence-electron chi connectivity index (χ1n) is 7.93. The molecule has 1 aliphatic rings. The van der Waals surface area contributed by atoms with E-state index in [9.17, 15) is 9.59 Å². The number of nitrogens with zero attached hydrogens (tertiary/aromatic N) is 1. The van der Waals surface area contributed by atoms with Crippen LogP contribution >= 0.6 is 0 Å². The molecule has 24 heavy (non-hydrogen) atoms. The Morgan fingerprint density at radius 1 is 1.17 bits per heavy atom. The molecule has 0 radical (unpaired) electrons. The Balaban J connectivity index is 1.74. The predicted molar refractivity (Wildman–Crippen MR) is 93.4 cm³/mol. The van der Waals surface area contributed by atoms with Gasteiger partial charge in [0.2, 0.25) is 5.91 Å². The quantitative estimate of drug-likeness (QED) is 0.879. The maximum atomic E-state index is 12.7. The number of esters is 1. The molecule has 124 valence electrons. The van der Waals surface area contributed by atoms with Gasteiger partial charge in [0, 0.05) is 17.4 Å². The molecular weight excluding hydrogens is 304 g/mol. The van der Waals surface area contributed by atoms with E-state index in [1.807, 2.05) is 36.1 Å². The third kappa shape index (κ3) is 2.97. The predicted octanol–water partition coefficient (Wildman–Crippen LogP) is 2.86. The zero-order valence-electron chi connectivity index (χ0n) is 13.8. The minimum absolute atomic E-state index is 0.0212. The third-order valence-corrected chi connectivity index (χ3v) is 4.24. The summed E-state index contributed by atoms with van der Waals surface area (Å²) in [6, 6.07) is 15.1. The summed E-state index contributed by atoms with van der Waals surface area (Å²) in [6.45, 7) is 2.16. The summed E-state index contributed by atoms with van der Waals surface area (Å²) in [6.07, 6.45) is 0.862. The van der Waals surface area contributed by atoms with E-state index < -0.39 is 5.97 Å². The molecular formula is C19H20N2O3. The van der Waals surface area contributed by atoms with E-state index in [4.69, 9.17) is 4.74 Å². The van der Waals surface area contributed by atoms with Crippen molar-refractivity contribution in [2.45, 2.75) is 19.4 Å². The molecule has 5 nitrogen and oxygen atoms in total. The molecule has 0 spiro atoms. The molecule has 1 heterocycles. The number of carbonyl (C=O) groups is 2. The van der Waals surface area contributed by atoms with Gasteiger partial charge >= 0.3 is 5.97 Å². The van der Waals surface area contributed by atoms with Crippen molar-refractivity contribution in [2.24, 2.45) is 0 Å². The van der Waals surface area contributed by atoms with Crippen molar-refractivity contribution >= 4 is 23.3 Å². The Hall–Kier alpha value is -2.82. The van der Waals surface area contributed by atoms with E-state index in [1.165, 1.54) is 12.7 Å². The standard InChI is InChI=1S/C19H20N2O3/c1-13-11-14-7-3-6-10-17(14)21(13)18(22)12-20-16-9-5-4-8-15(16)19(23)24-2/h3-10,13,20H,11-12H2,1-2H3/t13-/m1/s1. The molecule has 0 aliphatic carbocycles. The number of hydrogen-bond acceptors (Lipinski definition) is 4. The Kier molecular flexibility index (Phi) is 4.51. The Morgan fingerprint density at radius 3 is 2.67 bits per heavy atom. The van der Waals surface area contributed by atoms with Gasteiger partial charge in [-0.3, -0.25) is 4.79 Å². The smallest absolute Gasteiger partial charge is 0.339 e. The molecule has 2 aromatic rings. The number of hydrogen-bond donors (Lipinski definition) is 1. The molecule has 0 unspecified atom stereocenters. The number of amides is 1. The van der Waals surface area contributed by atoms with Crippen LogP contribution in [0.3, 0.4) is 0 Å². The first-order valence-corrected chi connectivity index (χ1v) is 7.93. The van der Waals surface area contributed by atoms with Crippen LogP contribution in [0, 0.1) is 0 Å². The van der Waals surface area contributed by atoms with E-state index in [2.05, 4.69) is 11.4 Å². The molecule has 0 saturated carbocycles. The summed E-state index contributed by atoms with van der Waals surface area (Å²) < 4.78 is 4.77. The van der Waals surface area contributed by atoms with E-state index >= 15 is 0 Å². The van der Waals surface area contributed by atoms with Crippen LogP contribution in [-0.2, 0) is 16.0 Å². The summed E-state index contributed by atoms with van der Waals surface area (Å²) in [5.74, 6) is -0.447. The summed E-state index contributed by atoms with van der Waals surface area (Å²) in [7, 11) is 1.34. The number of ether oxygens (including phenoxy) is 1. The summed E-state index contributed by atoms with van der Waals surface area (Å²) in [5.41, 5.74) is 3.17. The molecule has 0 bridgehead atoms. The van der Waals surface area contributed by atoms with Gasteiger partial charge in [-0.25, -0.2) is 4.79 Å². The van der Waals surface area contributed by atoms with Gasteiger partial charge in [-0.2, -0.15) is 0 Å². The Morgan fingerprint density at radius 2 is 1.88 bits per heavy atom. The molecule has 1 amide bonds. The zero-order valence-corrected chi connectivity index (χ0v) is 13.8. The largest absolute Gasteiger partial charge is 0.465 e. The monoisotopic (exact) mass is 324 g/mol. The number of rotatable bonds is 4. The van der Waals surface area contributed by atoms with Gasteiger partial charge in [-0.05, 0) is 37.1 Å². The van der Waals surface area contributed by atoms with E-state index in [1.54, 1.807) is 18.2 Å². The van der Waals surface area contributed by atoms with Crippen LogP contribution in [0.15, 0.2) is 48.5 Å². The minimum Gasteiger partial charge on any atom is -0.465 e. The lowest BCUT2D eigenvalue weighted by Crippen LogP contribution is -2.39. The van der Waals surface area contributed by atoms with Crippen molar-refractivity contribution in [3.05, 3.63) is 59.7 Å². The normalized spacial score (nSPS) is 15.8. The lowest BCUT2D eigenvalue weighted by Gasteiger charge is -2.23. The van der Waals surface area contributed by atoms with Crippen LogP contribution in [0.4, 0.5) is 11.4 Å². The molecule has 1 aliphatic heterocycles. The van der Waals surface area contributed by atoms with Crippen molar-refractivity contribution in [2.75, 3.05) is 23.9 Å². The fourth-order valence-electron chi connectivity index (χ4n) is 3.13. The fourth-order valence-corrected chi connectivity index (χ4v) is 3.13. The first kappa shape index (κ1) is 16.1. The van der Waals surface area contributed by atoms with Crippen molar-refractivity contribution in [3.8, 4) is 0 Å². The van der Waals surface area contributed by atoms with Gasteiger partial charge in [0.25, 0.3) is 0 Å². The summed E-state index contributed by atoms with van der Waals surface area (Å²) >= 11 is 0. The number of methoxy groups -OCH3 is 1. The number of benzene rings is 2. The molecule has 5 heteroatoms. The number of para-hydroxylation sites is 2. The number of nitrogens with one attached hydrogen (secondary N) is 1. The van der Waals surface area contributed by atoms with Gasteiger partial charge in [0.1, 0.15) is 0 Å².